The molecule has 4 nitrogen and oxygen atoms in total. The number of hydrazine groups is 1. The van der Waals surface area contributed by atoms with Crippen molar-refractivity contribution in [1.29, 1.82) is 5.26 Å². The Bertz CT molecular complexity index is 373. The van der Waals surface area contributed by atoms with E-state index in [1.165, 1.54) is 11.4 Å². The zero-order valence-corrected chi connectivity index (χ0v) is 6.77. The maximum absolute atomic E-state index is 8.80. The molecular formula is C9H7N3O. The minimum Gasteiger partial charge on any atom is -0.366 e. The Morgan fingerprint density at radius 3 is 2.92 bits per heavy atom. The molecule has 0 aliphatic carbocycles. The molecule has 0 saturated heterocycles. The monoisotopic (exact) mass is 173 g/mol. The number of anilines is 1. The van der Waals surface area contributed by atoms with Crippen molar-refractivity contribution in [3.8, 4) is 6.07 Å². The zero-order chi connectivity index (χ0) is 9.10. The molecule has 0 fully saturated rings. The van der Waals surface area contributed by atoms with Crippen molar-refractivity contribution in [1.82, 2.24) is 5.43 Å². The molecule has 64 valence electrons. The van der Waals surface area contributed by atoms with Gasteiger partial charge in [-0.25, -0.2) is 0 Å². The molecule has 1 aromatic carbocycles. The van der Waals surface area contributed by atoms with Crippen molar-refractivity contribution >= 4 is 5.69 Å². The summed E-state index contributed by atoms with van der Waals surface area (Å²) in [6, 6.07) is 9.28. The van der Waals surface area contributed by atoms with Crippen molar-refractivity contribution in [2.75, 3.05) is 5.17 Å². The van der Waals surface area contributed by atoms with Gasteiger partial charge < -0.3 is 4.84 Å². The van der Waals surface area contributed by atoms with Crippen molar-refractivity contribution in [2.24, 2.45) is 0 Å². The van der Waals surface area contributed by atoms with Crippen LogP contribution in [0.2, 0.25) is 0 Å². The summed E-state index contributed by atoms with van der Waals surface area (Å²) in [5, 5.41) is 10.2. The molecule has 0 amide bonds. The van der Waals surface area contributed by atoms with Crippen molar-refractivity contribution < 1.29 is 4.84 Å². The highest BCUT2D eigenvalue weighted by atomic mass is 16.7. The molecule has 13 heavy (non-hydrogen) atoms. The third-order valence-corrected chi connectivity index (χ3v) is 1.67. The molecule has 1 aliphatic heterocycles. The number of para-hydroxylation sites is 1. The first-order valence-electron chi connectivity index (χ1n) is 3.79. The lowest BCUT2D eigenvalue weighted by Crippen LogP contribution is -2.28. The Hall–Kier alpha value is -2.15. The molecular weight excluding hydrogens is 166 g/mol. The van der Waals surface area contributed by atoms with E-state index in [0.717, 1.165) is 0 Å². The highest BCUT2D eigenvalue weighted by Gasteiger charge is 2.12. The number of nitriles is 1. The predicted octanol–water partition coefficient (Wildman–Crippen LogP) is 1.29. The Kier molecular flexibility index (Phi) is 1.77. The molecule has 0 unspecified atom stereocenters. The largest absolute Gasteiger partial charge is 0.366 e. The van der Waals surface area contributed by atoms with Crippen LogP contribution < -0.4 is 10.6 Å². The molecule has 2 rings (SSSR count). The topological polar surface area (TPSA) is 48.3 Å². The summed E-state index contributed by atoms with van der Waals surface area (Å²) in [5.41, 5.74) is 4.10. The number of hydrogen-bond donors (Lipinski definition) is 1. The zero-order valence-electron chi connectivity index (χ0n) is 6.77. The van der Waals surface area contributed by atoms with Gasteiger partial charge in [0.2, 0.25) is 0 Å². The van der Waals surface area contributed by atoms with Crippen LogP contribution in [0.25, 0.3) is 0 Å². The van der Waals surface area contributed by atoms with Gasteiger partial charge in [-0.2, -0.15) is 5.26 Å². The Morgan fingerprint density at radius 2 is 2.23 bits per heavy atom. The first kappa shape index (κ1) is 7.50. The third-order valence-electron chi connectivity index (χ3n) is 1.67. The quantitative estimate of drug-likeness (QED) is 0.695. The van der Waals surface area contributed by atoms with E-state index < -0.39 is 0 Å². The maximum atomic E-state index is 8.80. The second kappa shape index (κ2) is 3.07. The van der Waals surface area contributed by atoms with Crippen LogP contribution in [0.1, 0.15) is 5.56 Å². The lowest BCUT2D eigenvalue weighted by Gasteiger charge is -2.16. The van der Waals surface area contributed by atoms with Crippen LogP contribution in [0.5, 0.6) is 0 Å². The molecule has 0 spiro atoms. The van der Waals surface area contributed by atoms with Crippen LogP contribution in [0, 0.1) is 11.3 Å². The lowest BCUT2D eigenvalue weighted by molar-refractivity contribution is 0.221. The predicted molar refractivity (Wildman–Crippen MR) is 47.0 cm³/mol. The molecule has 1 aromatic rings. The molecule has 0 bridgehead atoms. The second-order valence-electron chi connectivity index (χ2n) is 2.46. The minimum atomic E-state index is 0.568. The van der Waals surface area contributed by atoms with E-state index in [1.807, 2.05) is 12.1 Å². The molecule has 1 N–H and O–H groups in total. The van der Waals surface area contributed by atoms with E-state index in [-0.39, 0.29) is 0 Å². The normalized spacial score (nSPS) is 13.3. The van der Waals surface area contributed by atoms with Crippen LogP contribution in [-0.2, 0) is 4.84 Å². The summed E-state index contributed by atoms with van der Waals surface area (Å²) < 4.78 is 0. The van der Waals surface area contributed by atoms with Crippen molar-refractivity contribution in [3.05, 3.63) is 42.3 Å². The first-order valence-corrected chi connectivity index (χ1v) is 3.79. The summed E-state index contributed by atoms with van der Waals surface area (Å²) in [4.78, 5) is 5.07. The summed E-state index contributed by atoms with van der Waals surface area (Å²) in [5.74, 6) is 0. The minimum absolute atomic E-state index is 0.568. The van der Waals surface area contributed by atoms with Gasteiger partial charge in [0.05, 0.1) is 11.8 Å². The van der Waals surface area contributed by atoms with Gasteiger partial charge >= 0.3 is 0 Å². The Morgan fingerprint density at radius 1 is 1.38 bits per heavy atom. The molecule has 0 radical (unpaired) electrons. The SMILES string of the molecule is N#Cc1ccccc1N1NC=CO1. The smallest absolute Gasteiger partial charge is 0.139 e. The standard InChI is InChI=1S/C9H7N3O/c10-7-8-3-1-2-4-9(8)12-11-5-6-13-12/h1-6,11H. The molecule has 1 heterocycles. The maximum Gasteiger partial charge on any atom is 0.139 e. The number of rotatable bonds is 1. The number of nitrogens with one attached hydrogen (secondary N) is 1. The van der Waals surface area contributed by atoms with Crippen LogP contribution >= 0.6 is 0 Å². The van der Waals surface area contributed by atoms with E-state index in [9.17, 15) is 0 Å². The fourth-order valence-electron chi connectivity index (χ4n) is 1.09. The van der Waals surface area contributed by atoms with Crippen molar-refractivity contribution in [3.63, 3.8) is 0 Å². The van der Waals surface area contributed by atoms with Gasteiger partial charge in [-0.05, 0) is 12.1 Å². The van der Waals surface area contributed by atoms with Crippen LogP contribution in [-0.4, -0.2) is 0 Å². The van der Waals surface area contributed by atoms with E-state index in [1.54, 1.807) is 18.3 Å². The van der Waals surface area contributed by atoms with Gasteiger partial charge in [-0.3, -0.25) is 5.43 Å². The summed E-state index contributed by atoms with van der Waals surface area (Å²) in [7, 11) is 0. The van der Waals surface area contributed by atoms with E-state index in [0.29, 0.717) is 11.3 Å². The van der Waals surface area contributed by atoms with Crippen LogP contribution in [0.15, 0.2) is 36.7 Å². The van der Waals surface area contributed by atoms with E-state index >= 15 is 0 Å². The van der Waals surface area contributed by atoms with Crippen LogP contribution in [0.4, 0.5) is 5.69 Å². The van der Waals surface area contributed by atoms with Crippen LogP contribution in [0.3, 0.4) is 0 Å². The number of hydrogen-bond acceptors (Lipinski definition) is 4. The van der Waals surface area contributed by atoms with E-state index in [4.69, 9.17) is 10.1 Å². The highest BCUT2D eigenvalue weighted by Crippen LogP contribution is 2.19. The second-order valence-corrected chi connectivity index (χ2v) is 2.46. The summed E-state index contributed by atoms with van der Waals surface area (Å²) in [6.45, 7) is 0. The van der Waals surface area contributed by atoms with Gasteiger partial charge in [0.15, 0.2) is 0 Å². The Labute approximate surface area is 75.6 Å². The lowest BCUT2D eigenvalue weighted by atomic mass is 10.2. The average molecular weight is 173 g/mol. The average Bonchev–Trinajstić information content (AvgIpc) is 2.70. The molecule has 4 heteroatoms. The summed E-state index contributed by atoms with van der Waals surface area (Å²) >= 11 is 0. The Balaban J connectivity index is 2.34. The molecule has 1 aliphatic rings. The fourth-order valence-corrected chi connectivity index (χ4v) is 1.09. The molecule has 0 aromatic heterocycles. The van der Waals surface area contributed by atoms with Gasteiger partial charge in [0, 0.05) is 0 Å². The summed E-state index contributed by atoms with van der Waals surface area (Å²) in [6.07, 6.45) is 3.16. The van der Waals surface area contributed by atoms with Gasteiger partial charge in [0.1, 0.15) is 18.0 Å². The first-order chi connectivity index (χ1) is 6.42. The highest BCUT2D eigenvalue weighted by molar-refractivity contribution is 5.57. The van der Waals surface area contributed by atoms with Gasteiger partial charge in [-0.15, -0.1) is 5.17 Å². The number of benzene rings is 1. The number of nitrogens with zero attached hydrogens (tertiary/aromatic N) is 2. The molecule has 0 saturated carbocycles. The van der Waals surface area contributed by atoms with Gasteiger partial charge in [0.25, 0.3) is 0 Å². The fraction of sp³-hybridized carbons (Fsp3) is 0. The van der Waals surface area contributed by atoms with E-state index in [2.05, 4.69) is 11.5 Å². The van der Waals surface area contributed by atoms with Gasteiger partial charge in [-0.1, -0.05) is 12.1 Å². The van der Waals surface area contributed by atoms with Crippen molar-refractivity contribution in [2.45, 2.75) is 0 Å². The third kappa shape index (κ3) is 1.27. The molecule has 0 atom stereocenters.